The van der Waals surface area contributed by atoms with Gasteiger partial charge in [0, 0.05) is 35.5 Å². The zero-order valence-corrected chi connectivity index (χ0v) is 21.7. The minimum atomic E-state index is -3.55. The van der Waals surface area contributed by atoms with Crippen molar-refractivity contribution in [2.45, 2.75) is 17.3 Å². The van der Waals surface area contributed by atoms with Crippen LogP contribution in [0.1, 0.15) is 12.0 Å². The molecule has 0 spiro atoms. The highest BCUT2D eigenvalue weighted by Crippen LogP contribution is 2.25. The van der Waals surface area contributed by atoms with E-state index in [2.05, 4.69) is 20.1 Å². The third-order valence-corrected chi connectivity index (χ3v) is 7.81. The second kappa shape index (κ2) is 11.2. The Kier molecular flexibility index (Phi) is 7.86. The van der Waals surface area contributed by atoms with Crippen molar-refractivity contribution in [3.8, 4) is 17.6 Å². The van der Waals surface area contributed by atoms with Crippen LogP contribution in [-0.2, 0) is 21.2 Å². The zero-order chi connectivity index (χ0) is 26.4. The topological polar surface area (TPSA) is 136 Å². The molecule has 37 heavy (non-hydrogen) atoms. The van der Waals surface area contributed by atoms with Crippen molar-refractivity contribution < 1.29 is 22.7 Å². The normalized spacial score (nSPS) is 11.8. The summed E-state index contributed by atoms with van der Waals surface area (Å²) in [6.07, 6.45) is 5.12. The lowest BCUT2D eigenvalue weighted by molar-refractivity contribution is -0.112. The predicted molar refractivity (Wildman–Crippen MR) is 140 cm³/mol. The van der Waals surface area contributed by atoms with Crippen molar-refractivity contribution in [1.82, 2.24) is 14.8 Å². The maximum Gasteiger partial charge on any atom is 0.268 e. The van der Waals surface area contributed by atoms with Gasteiger partial charge in [-0.3, -0.25) is 10.1 Å². The molecule has 4 rings (SSSR count). The summed E-state index contributed by atoms with van der Waals surface area (Å²) in [6, 6.07) is 17.0. The number of carbonyl (C=O) groups excluding carboxylic acids is 1. The van der Waals surface area contributed by atoms with Gasteiger partial charge in [0.1, 0.15) is 23.1 Å². The first-order valence-corrected chi connectivity index (χ1v) is 13.8. The summed E-state index contributed by atoms with van der Waals surface area (Å²) < 4.78 is 36.0. The fraction of sp³-hybridized carbons (Fsp3) is 0.200. The van der Waals surface area contributed by atoms with E-state index in [9.17, 15) is 18.5 Å². The van der Waals surface area contributed by atoms with E-state index in [1.54, 1.807) is 7.11 Å². The Balaban J connectivity index is 1.47. The van der Waals surface area contributed by atoms with Crippen LogP contribution in [0, 0.1) is 11.3 Å². The van der Waals surface area contributed by atoms with Crippen LogP contribution in [0.25, 0.3) is 17.0 Å². The van der Waals surface area contributed by atoms with Crippen LogP contribution in [0.4, 0.5) is 5.13 Å². The first kappa shape index (κ1) is 25.9. The average molecular weight is 538 g/mol. The molecule has 1 amide bonds. The van der Waals surface area contributed by atoms with Gasteiger partial charge < -0.3 is 14.0 Å². The van der Waals surface area contributed by atoms with Crippen LogP contribution in [0.15, 0.2) is 64.6 Å². The van der Waals surface area contributed by atoms with E-state index in [0.717, 1.165) is 46.4 Å². The van der Waals surface area contributed by atoms with Crippen molar-refractivity contribution in [3.05, 3.63) is 65.9 Å². The molecule has 12 heteroatoms. The number of para-hydroxylation sites is 1. The Bertz CT molecular complexity index is 1600. The van der Waals surface area contributed by atoms with Crippen molar-refractivity contribution in [2.24, 2.45) is 0 Å². The number of hydrogen-bond acceptors (Lipinski definition) is 9. The Morgan fingerprint density at radius 2 is 1.89 bits per heavy atom. The Morgan fingerprint density at radius 3 is 2.57 bits per heavy atom. The van der Waals surface area contributed by atoms with Gasteiger partial charge in [-0.15, -0.1) is 10.2 Å². The number of sulfone groups is 1. The standard InChI is InChI=1S/C25H23N5O5S2/c1-34-19-8-10-20(11-9-19)35-13-5-12-30-16-18(21-6-3-4-7-22(21)30)14-17(15-26)23(31)27-24-28-29-25(36-24)37(2,32)33/h3-4,6-11,14,16H,5,12-13H2,1-2H3,(H,27,28,31)/b17-14-. The van der Waals surface area contributed by atoms with Crippen LogP contribution in [-0.4, -0.2) is 49.1 Å². The molecule has 0 bridgehead atoms. The van der Waals surface area contributed by atoms with E-state index in [4.69, 9.17) is 9.47 Å². The second-order valence-corrected chi connectivity index (χ2v) is 11.1. The molecule has 1 N–H and O–H groups in total. The molecule has 0 atom stereocenters. The van der Waals surface area contributed by atoms with Crippen LogP contribution in [0.2, 0.25) is 0 Å². The summed E-state index contributed by atoms with van der Waals surface area (Å²) in [7, 11) is -1.93. The molecular formula is C25H23N5O5S2. The zero-order valence-electron chi connectivity index (χ0n) is 20.0. The fourth-order valence-electron chi connectivity index (χ4n) is 3.55. The molecule has 0 aliphatic rings. The van der Waals surface area contributed by atoms with Gasteiger partial charge in [-0.25, -0.2) is 8.42 Å². The number of benzene rings is 2. The van der Waals surface area contributed by atoms with Crippen LogP contribution < -0.4 is 14.8 Å². The quantitative estimate of drug-likeness (QED) is 0.139. The minimum Gasteiger partial charge on any atom is -0.497 e. The molecular weight excluding hydrogens is 514 g/mol. The molecule has 0 radical (unpaired) electrons. The van der Waals surface area contributed by atoms with Gasteiger partial charge in [-0.05, 0) is 42.8 Å². The summed E-state index contributed by atoms with van der Waals surface area (Å²) in [6.45, 7) is 1.17. The monoisotopic (exact) mass is 537 g/mol. The summed E-state index contributed by atoms with van der Waals surface area (Å²) in [4.78, 5) is 12.7. The number of aryl methyl sites for hydroxylation is 1. The van der Waals surface area contributed by atoms with E-state index in [1.165, 1.54) is 6.08 Å². The van der Waals surface area contributed by atoms with Gasteiger partial charge in [0.15, 0.2) is 0 Å². The number of carbonyl (C=O) groups is 1. The van der Waals surface area contributed by atoms with Crippen molar-refractivity contribution >= 4 is 49.2 Å². The molecule has 190 valence electrons. The molecule has 4 aromatic rings. The lowest BCUT2D eigenvalue weighted by Gasteiger charge is -2.08. The number of amides is 1. The van der Waals surface area contributed by atoms with Crippen LogP contribution in [0.3, 0.4) is 0 Å². The van der Waals surface area contributed by atoms with Gasteiger partial charge in [0.05, 0.1) is 13.7 Å². The van der Waals surface area contributed by atoms with Crippen molar-refractivity contribution in [1.29, 1.82) is 5.26 Å². The molecule has 2 heterocycles. The van der Waals surface area contributed by atoms with Crippen molar-refractivity contribution in [3.63, 3.8) is 0 Å². The summed E-state index contributed by atoms with van der Waals surface area (Å²) in [5, 5.41) is 20.2. The number of rotatable bonds is 10. The molecule has 0 unspecified atom stereocenters. The number of fused-ring (bicyclic) bond motifs is 1. The predicted octanol–water partition coefficient (Wildman–Crippen LogP) is 3.92. The first-order chi connectivity index (χ1) is 17.8. The molecule has 0 aliphatic carbocycles. The van der Waals surface area contributed by atoms with E-state index in [-0.39, 0.29) is 15.0 Å². The lowest BCUT2D eigenvalue weighted by atomic mass is 10.1. The minimum absolute atomic E-state index is 0.00846. The number of anilines is 1. The number of aromatic nitrogens is 3. The number of nitrogens with zero attached hydrogens (tertiary/aromatic N) is 4. The Hall–Kier alpha value is -4.21. The summed E-state index contributed by atoms with van der Waals surface area (Å²) >= 11 is 0.719. The molecule has 0 aliphatic heterocycles. The smallest absolute Gasteiger partial charge is 0.268 e. The maximum absolute atomic E-state index is 12.7. The van der Waals surface area contributed by atoms with Gasteiger partial charge in [-0.1, -0.05) is 29.5 Å². The highest BCUT2D eigenvalue weighted by atomic mass is 32.2. The van der Waals surface area contributed by atoms with Gasteiger partial charge in [0.2, 0.25) is 19.3 Å². The lowest BCUT2D eigenvalue weighted by Crippen LogP contribution is -2.13. The fourth-order valence-corrected chi connectivity index (χ4v) is 5.05. The van der Waals surface area contributed by atoms with Gasteiger partial charge in [0.25, 0.3) is 5.91 Å². The first-order valence-electron chi connectivity index (χ1n) is 11.1. The summed E-state index contributed by atoms with van der Waals surface area (Å²) in [5.41, 5.74) is 1.51. The molecule has 10 nitrogen and oxygen atoms in total. The highest BCUT2D eigenvalue weighted by Gasteiger charge is 2.18. The molecule has 2 aromatic heterocycles. The number of ether oxygens (including phenoxy) is 2. The number of nitrogens with one attached hydrogen (secondary N) is 1. The van der Waals surface area contributed by atoms with Crippen molar-refractivity contribution in [2.75, 3.05) is 25.3 Å². The molecule has 0 fully saturated rings. The van der Waals surface area contributed by atoms with E-state index in [1.807, 2.05) is 60.8 Å². The SMILES string of the molecule is COc1ccc(OCCCn2cc(/C=C(/C#N)C(=O)Nc3nnc(S(C)(=O)=O)s3)c3ccccc32)cc1. The third-order valence-electron chi connectivity index (χ3n) is 5.30. The Labute approximate surface area is 217 Å². The van der Waals surface area contributed by atoms with E-state index < -0.39 is 15.7 Å². The van der Waals surface area contributed by atoms with E-state index >= 15 is 0 Å². The largest absolute Gasteiger partial charge is 0.497 e. The van der Waals surface area contributed by atoms with E-state index in [0.29, 0.717) is 18.7 Å². The number of hydrogen-bond donors (Lipinski definition) is 1. The maximum atomic E-state index is 12.7. The average Bonchev–Trinajstić information content (AvgIpc) is 3.50. The number of methoxy groups -OCH3 is 1. The van der Waals surface area contributed by atoms with Crippen LogP contribution >= 0.6 is 11.3 Å². The Morgan fingerprint density at radius 1 is 1.16 bits per heavy atom. The second-order valence-electron chi connectivity index (χ2n) is 7.94. The van der Waals surface area contributed by atoms with Gasteiger partial charge >= 0.3 is 0 Å². The third kappa shape index (κ3) is 6.32. The number of nitriles is 1. The molecule has 2 aromatic carbocycles. The molecule has 0 saturated heterocycles. The summed E-state index contributed by atoms with van der Waals surface area (Å²) in [5.74, 6) is 0.813. The van der Waals surface area contributed by atoms with Gasteiger partial charge in [-0.2, -0.15) is 5.26 Å². The molecule has 0 saturated carbocycles. The highest BCUT2D eigenvalue weighted by molar-refractivity contribution is 7.92. The van der Waals surface area contributed by atoms with Crippen LogP contribution in [0.5, 0.6) is 11.5 Å².